The van der Waals surface area contributed by atoms with Crippen LogP contribution in [0.25, 0.3) is 0 Å². The average Bonchev–Trinajstić information content (AvgIpc) is 2.17. The Balaban J connectivity index is 2.75. The SMILES string of the molecule is O=P([O-])(O)O[C@@H]1O[C@H](CO)[C@H](O)[C@H](O)[C@H]1O. The van der Waals surface area contributed by atoms with Crippen LogP contribution in [0.3, 0.4) is 0 Å². The third-order valence-corrected chi connectivity index (χ3v) is 2.56. The van der Waals surface area contributed by atoms with Crippen molar-refractivity contribution in [3.05, 3.63) is 0 Å². The van der Waals surface area contributed by atoms with Gasteiger partial charge in [0.2, 0.25) is 0 Å². The van der Waals surface area contributed by atoms with Gasteiger partial charge in [0, 0.05) is 0 Å². The van der Waals surface area contributed by atoms with Crippen molar-refractivity contribution in [2.45, 2.75) is 30.7 Å². The molecule has 5 N–H and O–H groups in total. The lowest BCUT2D eigenvalue weighted by Crippen LogP contribution is -2.59. The zero-order chi connectivity index (χ0) is 12.5. The van der Waals surface area contributed by atoms with Crippen LogP contribution in [-0.4, -0.2) is 62.6 Å². The fraction of sp³-hybridized carbons (Fsp3) is 1.00. The van der Waals surface area contributed by atoms with Crippen LogP contribution in [0.5, 0.6) is 0 Å². The summed E-state index contributed by atoms with van der Waals surface area (Å²) in [7, 11) is -5.16. The number of hydrogen-bond acceptors (Lipinski definition) is 8. The molecule has 1 rings (SSSR count). The smallest absolute Gasteiger partial charge is 0.267 e. The molecule has 0 aromatic heterocycles. The second kappa shape index (κ2) is 5.05. The maximum atomic E-state index is 10.4. The van der Waals surface area contributed by atoms with Gasteiger partial charge in [0.05, 0.1) is 6.61 Å². The first-order valence-corrected chi connectivity index (χ1v) is 5.78. The number of aliphatic hydroxyl groups is 4. The first-order chi connectivity index (χ1) is 7.26. The molecule has 0 amide bonds. The van der Waals surface area contributed by atoms with E-state index in [2.05, 4.69) is 9.26 Å². The van der Waals surface area contributed by atoms with Gasteiger partial charge < -0.3 is 34.9 Å². The van der Waals surface area contributed by atoms with Crippen LogP contribution in [0.4, 0.5) is 0 Å². The number of aliphatic hydroxyl groups excluding tert-OH is 4. The fourth-order valence-corrected chi connectivity index (χ4v) is 1.72. The van der Waals surface area contributed by atoms with E-state index in [4.69, 9.17) is 10.00 Å². The number of phosphoric acid groups is 1. The molecule has 1 heterocycles. The van der Waals surface area contributed by atoms with E-state index >= 15 is 0 Å². The molecule has 1 unspecified atom stereocenters. The van der Waals surface area contributed by atoms with Crippen molar-refractivity contribution in [2.75, 3.05) is 6.61 Å². The normalized spacial score (nSPS) is 44.0. The third kappa shape index (κ3) is 3.20. The lowest BCUT2D eigenvalue weighted by Gasteiger charge is -2.40. The topological polar surface area (TPSA) is 160 Å². The van der Waals surface area contributed by atoms with Crippen molar-refractivity contribution in [1.29, 1.82) is 0 Å². The second-order valence-electron chi connectivity index (χ2n) is 3.27. The second-order valence-corrected chi connectivity index (χ2v) is 4.42. The highest BCUT2D eigenvalue weighted by atomic mass is 31.2. The largest absolute Gasteiger partial charge is 0.756 e. The Kier molecular flexibility index (Phi) is 4.41. The first-order valence-electron chi connectivity index (χ1n) is 4.29. The zero-order valence-electron chi connectivity index (χ0n) is 7.91. The summed E-state index contributed by atoms with van der Waals surface area (Å²) in [5, 5.41) is 36.5. The van der Waals surface area contributed by atoms with E-state index in [0.717, 1.165) is 0 Å². The summed E-state index contributed by atoms with van der Waals surface area (Å²) in [6.07, 6.45) is -8.43. The van der Waals surface area contributed by atoms with Crippen LogP contribution in [0, 0.1) is 0 Å². The molecule has 0 aromatic rings. The Morgan fingerprint density at radius 3 is 2.25 bits per heavy atom. The van der Waals surface area contributed by atoms with Gasteiger partial charge in [-0.05, 0) is 0 Å². The first kappa shape index (κ1) is 14.0. The van der Waals surface area contributed by atoms with Crippen LogP contribution in [0.2, 0.25) is 0 Å². The van der Waals surface area contributed by atoms with Gasteiger partial charge in [0.1, 0.15) is 24.4 Å². The summed E-state index contributed by atoms with van der Waals surface area (Å²) in [6.45, 7) is -0.723. The molecule has 6 atom stereocenters. The zero-order valence-corrected chi connectivity index (χ0v) is 8.80. The van der Waals surface area contributed by atoms with Crippen LogP contribution in [-0.2, 0) is 13.8 Å². The minimum absolute atomic E-state index is 0.723. The predicted octanol–water partition coefficient (Wildman–Crippen LogP) is -3.74. The quantitative estimate of drug-likeness (QED) is 0.321. The van der Waals surface area contributed by atoms with E-state index in [9.17, 15) is 24.8 Å². The summed E-state index contributed by atoms with van der Waals surface area (Å²) in [5.74, 6) is 0. The molecule has 0 bridgehead atoms. The molecule has 1 aliphatic rings. The molecule has 1 saturated heterocycles. The Bertz CT molecular complexity index is 275. The van der Waals surface area contributed by atoms with Gasteiger partial charge in [0.15, 0.2) is 6.29 Å². The molecule has 16 heavy (non-hydrogen) atoms. The molecule has 0 radical (unpaired) electrons. The molecule has 0 spiro atoms. The number of hydrogen-bond donors (Lipinski definition) is 5. The molecule has 0 saturated carbocycles. The van der Waals surface area contributed by atoms with Gasteiger partial charge in [-0.1, -0.05) is 0 Å². The van der Waals surface area contributed by atoms with E-state index in [0.29, 0.717) is 0 Å². The maximum Gasteiger partial charge on any atom is 0.267 e. The Morgan fingerprint density at radius 1 is 1.25 bits per heavy atom. The number of phosphoric ester groups is 1. The molecular weight excluding hydrogens is 247 g/mol. The molecule has 10 heteroatoms. The van der Waals surface area contributed by atoms with Gasteiger partial charge in [-0.15, -0.1) is 0 Å². The van der Waals surface area contributed by atoms with Gasteiger partial charge in [0.25, 0.3) is 7.82 Å². The third-order valence-electron chi connectivity index (χ3n) is 2.09. The molecule has 0 aromatic carbocycles. The van der Waals surface area contributed by atoms with Crippen molar-refractivity contribution in [1.82, 2.24) is 0 Å². The fourth-order valence-electron chi connectivity index (χ4n) is 1.29. The Morgan fingerprint density at radius 2 is 1.81 bits per heavy atom. The summed E-state index contributed by atoms with van der Waals surface area (Å²) < 4.78 is 19.0. The summed E-state index contributed by atoms with van der Waals surface area (Å²) in [6, 6.07) is 0. The number of rotatable bonds is 3. The van der Waals surface area contributed by atoms with E-state index < -0.39 is 45.1 Å². The van der Waals surface area contributed by atoms with Gasteiger partial charge >= 0.3 is 0 Å². The van der Waals surface area contributed by atoms with Crippen LogP contribution in [0.15, 0.2) is 0 Å². The molecule has 1 fully saturated rings. The minimum atomic E-state index is -5.16. The molecule has 9 nitrogen and oxygen atoms in total. The minimum Gasteiger partial charge on any atom is -0.756 e. The Labute approximate surface area is 90.1 Å². The van der Waals surface area contributed by atoms with E-state index in [1.54, 1.807) is 0 Å². The monoisotopic (exact) mass is 259 g/mol. The van der Waals surface area contributed by atoms with Crippen LogP contribution < -0.4 is 4.89 Å². The summed E-state index contributed by atoms with van der Waals surface area (Å²) in [5.41, 5.74) is 0. The van der Waals surface area contributed by atoms with Crippen molar-refractivity contribution < 1.29 is 44.0 Å². The van der Waals surface area contributed by atoms with Gasteiger partial charge in [-0.3, -0.25) is 9.09 Å². The Hall–Kier alpha value is -0.0900. The van der Waals surface area contributed by atoms with Crippen molar-refractivity contribution >= 4 is 7.82 Å². The maximum absolute atomic E-state index is 10.4. The highest BCUT2D eigenvalue weighted by Crippen LogP contribution is 2.36. The van der Waals surface area contributed by atoms with Gasteiger partial charge in [-0.2, -0.15) is 0 Å². The van der Waals surface area contributed by atoms with Crippen molar-refractivity contribution in [3.63, 3.8) is 0 Å². The lowest BCUT2D eigenvalue weighted by molar-refractivity contribution is -0.302. The average molecular weight is 259 g/mol. The van der Waals surface area contributed by atoms with Crippen LogP contribution >= 0.6 is 7.82 Å². The lowest BCUT2D eigenvalue weighted by atomic mass is 10.00. The van der Waals surface area contributed by atoms with E-state index in [1.165, 1.54) is 0 Å². The number of ether oxygens (including phenoxy) is 1. The van der Waals surface area contributed by atoms with Gasteiger partial charge in [-0.25, -0.2) is 0 Å². The standard InChI is InChI=1S/C6H13O9P/c7-1-2-3(8)4(9)5(10)6(14-2)15-16(11,12)13/h2-10H,1H2,(H2,11,12,13)/p-1/t2-,3+,4+,5-,6+/m1/s1. The van der Waals surface area contributed by atoms with Crippen molar-refractivity contribution in [2.24, 2.45) is 0 Å². The highest BCUT2D eigenvalue weighted by Gasteiger charge is 2.45. The molecular formula is C6H12O9P-. The predicted molar refractivity (Wildman–Crippen MR) is 44.7 cm³/mol. The van der Waals surface area contributed by atoms with Crippen molar-refractivity contribution in [3.8, 4) is 0 Å². The van der Waals surface area contributed by atoms with E-state index in [1.807, 2.05) is 0 Å². The molecule has 96 valence electrons. The summed E-state index contributed by atoms with van der Waals surface area (Å²) in [4.78, 5) is 18.8. The molecule has 0 aliphatic carbocycles. The summed E-state index contributed by atoms with van der Waals surface area (Å²) >= 11 is 0. The van der Waals surface area contributed by atoms with E-state index in [-0.39, 0.29) is 0 Å². The molecule has 1 aliphatic heterocycles. The highest BCUT2D eigenvalue weighted by molar-refractivity contribution is 7.44. The van der Waals surface area contributed by atoms with Crippen LogP contribution in [0.1, 0.15) is 0 Å².